The number of ether oxygens (including phenoxy) is 2. The Balaban J connectivity index is 2.06. The fourth-order valence-corrected chi connectivity index (χ4v) is 2.97. The molecule has 0 aromatic carbocycles. The van der Waals surface area contributed by atoms with Gasteiger partial charge in [-0.3, -0.25) is 4.79 Å². The fraction of sp³-hybridized carbons (Fsp3) is 0.667. The highest BCUT2D eigenvalue weighted by Crippen LogP contribution is 2.32. The molecule has 1 amide bonds. The van der Waals surface area contributed by atoms with E-state index in [4.69, 9.17) is 9.47 Å². The molecule has 2 rings (SSSR count). The van der Waals surface area contributed by atoms with Crippen LogP contribution in [0.3, 0.4) is 0 Å². The Morgan fingerprint density at radius 1 is 1.22 bits per heavy atom. The fourth-order valence-electron chi connectivity index (χ4n) is 2.97. The topological polar surface area (TPSA) is 60.5 Å². The maximum Gasteiger partial charge on any atom is 0.256 e. The molecule has 5 heteroatoms. The van der Waals surface area contributed by atoms with Gasteiger partial charge in [0.2, 0.25) is 5.88 Å². The monoisotopic (exact) mass is 320 g/mol. The van der Waals surface area contributed by atoms with Crippen LogP contribution in [-0.2, 0) is 9.53 Å². The third-order valence-electron chi connectivity index (χ3n) is 4.19. The number of amides is 1. The SMILES string of the molecule is CCCOC1(C(=O)Nc2ccc(OCC)nc2)CCCCCC1. The van der Waals surface area contributed by atoms with Gasteiger partial charge in [-0.2, -0.15) is 0 Å². The first-order valence-electron chi connectivity index (χ1n) is 8.74. The van der Waals surface area contributed by atoms with Crippen molar-refractivity contribution in [3.05, 3.63) is 18.3 Å². The highest BCUT2D eigenvalue weighted by atomic mass is 16.5. The van der Waals surface area contributed by atoms with Gasteiger partial charge in [0, 0.05) is 12.7 Å². The van der Waals surface area contributed by atoms with Gasteiger partial charge < -0.3 is 14.8 Å². The molecule has 5 nitrogen and oxygen atoms in total. The van der Waals surface area contributed by atoms with E-state index in [1.54, 1.807) is 12.3 Å². The molecule has 1 aliphatic carbocycles. The van der Waals surface area contributed by atoms with Crippen molar-refractivity contribution in [3.8, 4) is 5.88 Å². The maximum atomic E-state index is 12.9. The van der Waals surface area contributed by atoms with Crippen molar-refractivity contribution in [1.82, 2.24) is 4.98 Å². The average Bonchev–Trinajstić information content (AvgIpc) is 2.81. The molecule has 1 aromatic heterocycles. The summed E-state index contributed by atoms with van der Waals surface area (Å²) in [7, 11) is 0. The third kappa shape index (κ3) is 4.93. The maximum absolute atomic E-state index is 12.9. The average molecular weight is 320 g/mol. The molecule has 0 spiro atoms. The molecule has 0 unspecified atom stereocenters. The molecule has 128 valence electrons. The number of carbonyl (C=O) groups excluding carboxylic acids is 1. The molecule has 0 radical (unpaired) electrons. The van der Waals surface area contributed by atoms with Crippen molar-refractivity contribution in [2.24, 2.45) is 0 Å². The molecule has 1 saturated carbocycles. The molecule has 23 heavy (non-hydrogen) atoms. The van der Waals surface area contributed by atoms with Gasteiger partial charge in [-0.05, 0) is 32.3 Å². The van der Waals surface area contributed by atoms with E-state index in [0.29, 0.717) is 24.8 Å². The quantitative estimate of drug-likeness (QED) is 0.773. The first-order chi connectivity index (χ1) is 11.2. The number of anilines is 1. The predicted molar refractivity (Wildman–Crippen MR) is 90.7 cm³/mol. The second-order valence-electron chi connectivity index (χ2n) is 6.03. The Bertz CT molecular complexity index is 480. The van der Waals surface area contributed by atoms with E-state index in [0.717, 1.165) is 32.1 Å². The summed E-state index contributed by atoms with van der Waals surface area (Å²) in [6, 6.07) is 3.59. The van der Waals surface area contributed by atoms with Gasteiger partial charge in [0.05, 0.1) is 18.5 Å². The largest absolute Gasteiger partial charge is 0.478 e. The van der Waals surface area contributed by atoms with Crippen LogP contribution in [0.25, 0.3) is 0 Å². The summed E-state index contributed by atoms with van der Waals surface area (Å²) in [5.41, 5.74) is -0.00682. The minimum atomic E-state index is -0.689. The van der Waals surface area contributed by atoms with Crippen molar-refractivity contribution in [3.63, 3.8) is 0 Å². The minimum absolute atomic E-state index is 0.0428. The van der Waals surface area contributed by atoms with E-state index in [2.05, 4.69) is 17.2 Å². The number of nitrogens with zero attached hydrogens (tertiary/aromatic N) is 1. The molecule has 0 atom stereocenters. The normalized spacial score (nSPS) is 17.3. The Morgan fingerprint density at radius 2 is 1.96 bits per heavy atom. The van der Waals surface area contributed by atoms with Crippen molar-refractivity contribution in [1.29, 1.82) is 0 Å². The highest BCUT2D eigenvalue weighted by molar-refractivity contribution is 5.97. The lowest BCUT2D eigenvalue weighted by molar-refractivity contribution is -0.143. The predicted octanol–water partition coefficient (Wildman–Crippen LogP) is 3.94. The summed E-state index contributed by atoms with van der Waals surface area (Å²) >= 11 is 0. The third-order valence-corrected chi connectivity index (χ3v) is 4.19. The van der Waals surface area contributed by atoms with Crippen molar-refractivity contribution in [2.45, 2.75) is 64.4 Å². The number of hydrogen-bond acceptors (Lipinski definition) is 4. The van der Waals surface area contributed by atoms with Gasteiger partial charge in [0.25, 0.3) is 5.91 Å². The zero-order valence-corrected chi connectivity index (χ0v) is 14.3. The number of carbonyl (C=O) groups is 1. The van der Waals surface area contributed by atoms with Gasteiger partial charge in [-0.25, -0.2) is 4.98 Å². The van der Waals surface area contributed by atoms with Crippen molar-refractivity contribution in [2.75, 3.05) is 18.5 Å². The van der Waals surface area contributed by atoms with Gasteiger partial charge >= 0.3 is 0 Å². The van der Waals surface area contributed by atoms with Gasteiger partial charge in [0.1, 0.15) is 5.60 Å². The summed E-state index contributed by atoms with van der Waals surface area (Å²) in [4.78, 5) is 17.1. The number of pyridine rings is 1. The summed E-state index contributed by atoms with van der Waals surface area (Å²) in [5, 5.41) is 2.98. The van der Waals surface area contributed by atoms with Gasteiger partial charge in [-0.15, -0.1) is 0 Å². The van der Waals surface area contributed by atoms with E-state index in [1.165, 1.54) is 12.8 Å². The van der Waals surface area contributed by atoms with Crippen LogP contribution in [0, 0.1) is 0 Å². The first-order valence-corrected chi connectivity index (χ1v) is 8.74. The lowest BCUT2D eigenvalue weighted by Gasteiger charge is -2.31. The van der Waals surface area contributed by atoms with E-state index >= 15 is 0 Å². The van der Waals surface area contributed by atoms with Gasteiger partial charge in [-0.1, -0.05) is 32.6 Å². The van der Waals surface area contributed by atoms with E-state index in [1.807, 2.05) is 13.0 Å². The zero-order valence-electron chi connectivity index (χ0n) is 14.3. The summed E-state index contributed by atoms with van der Waals surface area (Å²) in [6.45, 7) is 5.18. The molecule has 1 aromatic rings. The number of aromatic nitrogens is 1. The van der Waals surface area contributed by atoms with Crippen molar-refractivity contribution < 1.29 is 14.3 Å². The zero-order chi connectivity index (χ0) is 16.5. The molecule has 0 bridgehead atoms. The summed E-state index contributed by atoms with van der Waals surface area (Å²) in [5.74, 6) is 0.524. The van der Waals surface area contributed by atoms with Crippen LogP contribution in [0.4, 0.5) is 5.69 Å². The Morgan fingerprint density at radius 3 is 2.52 bits per heavy atom. The van der Waals surface area contributed by atoms with Crippen LogP contribution in [0.15, 0.2) is 18.3 Å². The number of nitrogens with one attached hydrogen (secondary N) is 1. The summed E-state index contributed by atoms with van der Waals surface area (Å²) < 4.78 is 11.4. The lowest BCUT2D eigenvalue weighted by Crippen LogP contribution is -2.45. The molecule has 1 fully saturated rings. The van der Waals surface area contributed by atoms with E-state index in [-0.39, 0.29) is 5.91 Å². The molecule has 1 heterocycles. The van der Waals surface area contributed by atoms with E-state index < -0.39 is 5.60 Å². The number of rotatable bonds is 7. The first kappa shape index (κ1) is 17.7. The van der Waals surface area contributed by atoms with Crippen LogP contribution in [0.2, 0.25) is 0 Å². The molecule has 1 N–H and O–H groups in total. The molecule has 1 aliphatic rings. The molecule has 0 saturated heterocycles. The van der Waals surface area contributed by atoms with Crippen molar-refractivity contribution >= 4 is 11.6 Å². The van der Waals surface area contributed by atoms with Crippen LogP contribution in [0.1, 0.15) is 58.8 Å². The van der Waals surface area contributed by atoms with Crippen LogP contribution in [-0.4, -0.2) is 29.7 Å². The Labute approximate surface area is 138 Å². The standard InChI is InChI=1S/C18H28N2O3/c1-3-13-23-18(11-7-5-6-8-12-18)17(21)20-15-9-10-16(19-14-15)22-4-2/h9-10,14H,3-8,11-13H2,1-2H3,(H,20,21). The highest BCUT2D eigenvalue weighted by Gasteiger charge is 2.39. The van der Waals surface area contributed by atoms with Crippen LogP contribution < -0.4 is 10.1 Å². The Kier molecular flexibility index (Phi) is 6.84. The van der Waals surface area contributed by atoms with Gasteiger partial charge in [0.15, 0.2) is 0 Å². The molecular formula is C18H28N2O3. The van der Waals surface area contributed by atoms with E-state index in [9.17, 15) is 4.79 Å². The molecule has 0 aliphatic heterocycles. The second kappa shape index (κ2) is 8.87. The lowest BCUT2D eigenvalue weighted by atomic mass is 9.92. The van der Waals surface area contributed by atoms with Crippen LogP contribution >= 0.6 is 0 Å². The van der Waals surface area contributed by atoms with Crippen LogP contribution in [0.5, 0.6) is 5.88 Å². The minimum Gasteiger partial charge on any atom is -0.478 e. The molecular weight excluding hydrogens is 292 g/mol. The second-order valence-corrected chi connectivity index (χ2v) is 6.03. The summed E-state index contributed by atoms with van der Waals surface area (Å²) in [6.07, 6.45) is 8.57. The Hall–Kier alpha value is -1.62. The smallest absolute Gasteiger partial charge is 0.256 e. The number of hydrogen-bond donors (Lipinski definition) is 1.